The fourth-order valence-corrected chi connectivity index (χ4v) is 2.86. The highest BCUT2D eigenvalue weighted by atomic mass is 79.9. The number of nitrogens with one attached hydrogen (secondary N) is 1. The number of amides is 1. The summed E-state index contributed by atoms with van der Waals surface area (Å²) in [7, 11) is 0. The molecule has 1 fully saturated rings. The first-order valence-corrected chi connectivity index (χ1v) is 7.44. The van der Waals surface area contributed by atoms with Crippen LogP contribution in [0.1, 0.15) is 32.1 Å². The van der Waals surface area contributed by atoms with Crippen LogP contribution >= 0.6 is 15.9 Å². The number of hydrogen-bond donors (Lipinski definition) is 1. The van der Waals surface area contributed by atoms with Gasteiger partial charge in [0.25, 0.3) is 5.69 Å². The summed E-state index contributed by atoms with van der Waals surface area (Å²) in [6.07, 6.45) is 3.77. The molecule has 1 aliphatic rings. The Kier molecular flexibility index (Phi) is 4.58. The van der Waals surface area contributed by atoms with Crippen LogP contribution in [-0.2, 0) is 4.79 Å². The van der Waals surface area contributed by atoms with E-state index >= 15 is 0 Å². The first-order valence-electron chi connectivity index (χ1n) is 6.65. The van der Waals surface area contributed by atoms with E-state index in [9.17, 15) is 20.2 Å². The maximum atomic E-state index is 12.4. The molecule has 0 heterocycles. The lowest BCUT2D eigenvalue weighted by atomic mass is 9.74. The SMILES string of the molecule is N#CC1(C(=O)Nc2cc([N+](=O)[O-])ccc2Br)CCCCC1. The van der Waals surface area contributed by atoms with E-state index in [1.807, 2.05) is 0 Å². The summed E-state index contributed by atoms with van der Waals surface area (Å²) in [6, 6.07) is 6.28. The molecule has 6 nitrogen and oxygen atoms in total. The Bertz CT molecular complexity index is 618. The van der Waals surface area contributed by atoms with Gasteiger partial charge in [-0.2, -0.15) is 5.26 Å². The smallest absolute Gasteiger partial charge is 0.271 e. The number of nitro groups is 1. The van der Waals surface area contributed by atoms with Gasteiger partial charge < -0.3 is 5.32 Å². The van der Waals surface area contributed by atoms with Crippen molar-refractivity contribution in [3.05, 3.63) is 32.8 Å². The summed E-state index contributed by atoms with van der Waals surface area (Å²) in [5, 5.41) is 22.8. The summed E-state index contributed by atoms with van der Waals surface area (Å²) in [6.45, 7) is 0. The standard InChI is InChI=1S/C14H14BrN3O3/c15-11-5-4-10(18(20)21)8-12(11)17-13(19)14(9-16)6-2-1-3-7-14/h4-5,8H,1-3,6-7H2,(H,17,19). The average Bonchev–Trinajstić information content (AvgIpc) is 2.49. The molecule has 7 heteroatoms. The van der Waals surface area contributed by atoms with Crippen LogP contribution in [0, 0.1) is 26.9 Å². The molecule has 1 amide bonds. The Morgan fingerprint density at radius 1 is 1.38 bits per heavy atom. The fourth-order valence-electron chi connectivity index (χ4n) is 2.51. The molecule has 0 atom stereocenters. The van der Waals surface area contributed by atoms with Gasteiger partial charge in [-0.25, -0.2) is 0 Å². The van der Waals surface area contributed by atoms with Gasteiger partial charge >= 0.3 is 0 Å². The lowest BCUT2D eigenvalue weighted by molar-refractivity contribution is -0.384. The molecular formula is C14H14BrN3O3. The van der Waals surface area contributed by atoms with Crippen LogP contribution in [0.2, 0.25) is 0 Å². The third kappa shape index (κ3) is 3.22. The van der Waals surface area contributed by atoms with E-state index in [4.69, 9.17) is 0 Å². The first kappa shape index (κ1) is 15.4. The van der Waals surface area contributed by atoms with E-state index in [2.05, 4.69) is 27.3 Å². The van der Waals surface area contributed by atoms with E-state index < -0.39 is 10.3 Å². The van der Waals surface area contributed by atoms with Crippen molar-refractivity contribution >= 4 is 33.2 Å². The highest BCUT2D eigenvalue weighted by molar-refractivity contribution is 9.10. The van der Waals surface area contributed by atoms with Gasteiger partial charge in [-0.3, -0.25) is 14.9 Å². The molecular weight excluding hydrogens is 338 g/mol. The number of nitriles is 1. The number of carbonyl (C=O) groups excluding carboxylic acids is 1. The van der Waals surface area contributed by atoms with Crippen molar-refractivity contribution in [1.29, 1.82) is 5.26 Å². The Hall–Kier alpha value is -1.94. The predicted molar refractivity (Wildman–Crippen MR) is 80.6 cm³/mol. The number of non-ortho nitro benzene ring substituents is 1. The fraction of sp³-hybridized carbons (Fsp3) is 0.429. The minimum Gasteiger partial charge on any atom is -0.323 e. The van der Waals surface area contributed by atoms with E-state index in [1.165, 1.54) is 18.2 Å². The summed E-state index contributed by atoms with van der Waals surface area (Å²) in [4.78, 5) is 22.7. The second-order valence-electron chi connectivity index (χ2n) is 5.13. The maximum Gasteiger partial charge on any atom is 0.271 e. The normalized spacial score (nSPS) is 16.8. The molecule has 0 radical (unpaired) electrons. The monoisotopic (exact) mass is 351 g/mol. The third-order valence-corrected chi connectivity index (χ3v) is 4.46. The summed E-state index contributed by atoms with van der Waals surface area (Å²) in [5.74, 6) is -0.383. The molecule has 1 aliphatic carbocycles. The van der Waals surface area contributed by atoms with Gasteiger partial charge in [0.05, 0.1) is 16.7 Å². The zero-order valence-electron chi connectivity index (χ0n) is 11.3. The minimum absolute atomic E-state index is 0.108. The zero-order chi connectivity index (χ0) is 15.5. The van der Waals surface area contributed by atoms with Gasteiger partial charge in [0.2, 0.25) is 5.91 Å². The molecule has 2 rings (SSSR count). The molecule has 0 aromatic heterocycles. The van der Waals surface area contributed by atoms with Crippen LogP contribution < -0.4 is 5.32 Å². The van der Waals surface area contributed by atoms with Crippen molar-refractivity contribution < 1.29 is 9.72 Å². The summed E-state index contributed by atoms with van der Waals surface area (Å²) < 4.78 is 0.547. The molecule has 0 unspecified atom stereocenters. The Morgan fingerprint density at radius 3 is 2.62 bits per heavy atom. The summed E-state index contributed by atoms with van der Waals surface area (Å²) >= 11 is 3.25. The van der Waals surface area contributed by atoms with Crippen molar-refractivity contribution in [3.8, 4) is 6.07 Å². The van der Waals surface area contributed by atoms with Crippen LogP contribution in [0.3, 0.4) is 0 Å². The van der Waals surface area contributed by atoms with Gasteiger partial charge in [-0.1, -0.05) is 19.3 Å². The number of nitrogens with zero attached hydrogens (tertiary/aromatic N) is 2. The van der Waals surface area contributed by atoms with E-state index in [0.29, 0.717) is 23.0 Å². The number of nitro benzene ring substituents is 1. The number of carbonyl (C=O) groups is 1. The molecule has 0 bridgehead atoms. The molecule has 1 aromatic carbocycles. The molecule has 1 aromatic rings. The van der Waals surface area contributed by atoms with Crippen LogP contribution in [0.25, 0.3) is 0 Å². The minimum atomic E-state index is -1.03. The molecule has 1 saturated carbocycles. The van der Waals surface area contributed by atoms with Gasteiger partial charge in [0, 0.05) is 16.6 Å². The van der Waals surface area contributed by atoms with Crippen molar-refractivity contribution in [2.24, 2.45) is 5.41 Å². The quantitative estimate of drug-likeness (QED) is 0.661. The lowest BCUT2D eigenvalue weighted by Crippen LogP contribution is -2.36. The molecule has 110 valence electrons. The van der Waals surface area contributed by atoms with Crippen molar-refractivity contribution in [2.75, 3.05) is 5.32 Å². The second-order valence-corrected chi connectivity index (χ2v) is 5.98. The topological polar surface area (TPSA) is 96.0 Å². The largest absolute Gasteiger partial charge is 0.323 e. The van der Waals surface area contributed by atoms with Crippen LogP contribution in [-0.4, -0.2) is 10.8 Å². The molecule has 21 heavy (non-hydrogen) atoms. The maximum absolute atomic E-state index is 12.4. The number of rotatable bonds is 3. The molecule has 0 saturated heterocycles. The van der Waals surface area contributed by atoms with E-state index in [1.54, 1.807) is 0 Å². The average molecular weight is 352 g/mol. The molecule has 1 N–H and O–H groups in total. The van der Waals surface area contributed by atoms with Gasteiger partial charge in [0.15, 0.2) is 0 Å². The second kappa shape index (κ2) is 6.22. The lowest BCUT2D eigenvalue weighted by Gasteiger charge is -2.29. The van der Waals surface area contributed by atoms with Gasteiger partial charge in [0.1, 0.15) is 5.41 Å². The highest BCUT2D eigenvalue weighted by Gasteiger charge is 2.40. The van der Waals surface area contributed by atoms with Crippen molar-refractivity contribution in [3.63, 3.8) is 0 Å². The highest BCUT2D eigenvalue weighted by Crippen LogP contribution is 2.37. The summed E-state index contributed by atoms with van der Waals surface area (Å²) in [5.41, 5.74) is -0.819. The van der Waals surface area contributed by atoms with Crippen LogP contribution in [0.4, 0.5) is 11.4 Å². The van der Waals surface area contributed by atoms with E-state index in [0.717, 1.165) is 19.3 Å². The number of benzene rings is 1. The van der Waals surface area contributed by atoms with E-state index in [-0.39, 0.29) is 11.6 Å². The predicted octanol–water partition coefficient (Wildman–Crippen LogP) is 3.77. The number of halogens is 1. The Balaban J connectivity index is 2.25. The third-order valence-electron chi connectivity index (χ3n) is 3.76. The van der Waals surface area contributed by atoms with Gasteiger partial charge in [-0.05, 0) is 34.8 Å². The van der Waals surface area contributed by atoms with Crippen molar-refractivity contribution in [2.45, 2.75) is 32.1 Å². The molecule has 0 aliphatic heterocycles. The van der Waals surface area contributed by atoms with Gasteiger partial charge in [-0.15, -0.1) is 0 Å². The number of hydrogen-bond acceptors (Lipinski definition) is 4. The number of anilines is 1. The van der Waals surface area contributed by atoms with Crippen LogP contribution in [0.15, 0.2) is 22.7 Å². The molecule has 0 spiro atoms. The van der Waals surface area contributed by atoms with Crippen molar-refractivity contribution in [1.82, 2.24) is 0 Å². The zero-order valence-corrected chi connectivity index (χ0v) is 12.9. The first-order chi connectivity index (χ1) is 9.98. The Labute approximate surface area is 130 Å². The Morgan fingerprint density at radius 2 is 2.05 bits per heavy atom. The van der Waals surface area contributed by atoms with Crippen LogP contribution in [0.5, 0.6) is 0 Å².